The molecule has 2 bridgehead atoms. The maximum atomic E-state index is 13.8. The zero-order valence-corrected chi connectivity index (χ0v) is 19.2. The summed E-state index contributed by atoms with van der Waals surface area (Å²) in [7, 11) is -2.38. The number of benzene rings is 2. The van der Waals surface area contributed by atoms with E-state index >= 15 is 0 Å². The Morgan fingerprint density at radius 2 is 1.71 bits per heavy atom. The fourth-order valence-corrected chi connectivity index (χ4v) is 7.19. The SMILES string of the molecule is Cn1cnc(S(=O)(=O)N2C3CCC2C(c2ccc(F)cc2)C3Nc2ccc(F)c(C(F)(F)F)c2)c1. The van der Waals surface area contributed by atoms with Crippen molar-refractivity contribution in [1.82, 2.24) is 13.9 Å². The van der Waals surface area contributed by atoms with Gasteiger partial charge >= 0.3 is 6.18 Å². The van der Waals surface area contributed by atoms with Gasteiger partial charge in [0, 0.05) is 36.9 Å². The summed E-state index contributed by atoms with van der Waals surface area (Å²) in [6.45, 7) is 0. The van der Waals surface area contributed by atoms with Gasteiger partial charge in [0.25, 0.3) is 10.0 Å². The van der Waals surface area contributed by atoms with Crippen LogP contribution >= 0.6 is 0 Å². The van der Waals surface area contributed by atoms with E-state index in [1.807, 2.05) is 0 Å². The minimum atomic E-state index is -4.89. The number of hydrogen-bond acceptors (Lipinski definition) is 4. The Kier molecular flexibility index (Phi) is 5.63. The second-order valence-corrected chi connectivity index (χ2v) is 10.7. The molecule has 2 fully saturated rings. The summed E-state index contributed by atoms with van der Waals surface area (Å²) in [6.07, 6.45) is -1.14. The van der Waals surface area contributed by atoms with Crippen LogP contribution in [0, 0.1) is 11.6 Å². The average Bonchev–Trinajstić information content (AvgIpc) is 3.49. The highest BCUT2D eigenvalue weighted by molar-refractivity contribution is 7.89. The van der Waals surface area contributed by atoms with Gasteiger partial charge in [0.1, 0.15) is 11.6 Å². The lowest BCUT2D eigenvalue weighted by molar-refractivity contribution is -0.139. The third-order valence-electron chi connectivity index (χ3n) is 6.71. The van der Waals surface area contributed by atoms with E-state index in [1.54, 1.807) is 19.2 Å². The molecule has 2 aliphatic rings. The molecule has 2 aliphatic heterocycles. The first-order valence-corrected chi connectivity index (χ1v) is 12.3. The molecule has 6 nitrogen and oxygen atoms in total. The third kappa shape index (κ3) is 4.08. The molecule has 1 aromatic heterocycles. The predicted molar refractivity (Wildman–Crippen MR) is 117 cm³/mol. The van der Waals surface area contributed by atoms with E-state index in [2.05, 4.69) is 10.3 Å². The molecule has 12 heteroatoms. The molecule has 0 aliphatic carbocycles. The smallest absolute Gasteiger partial charge is 0.380 e. The largest absolute Gasteiger partial charge is 0.419 e. The van der Waals surface area contributed by atoms with Crippen molar-refractivity contribution < 1.29 is 30.4 Å². The Hall–Kier alpha value is -2.99. The minimum Gasteiger partial charge on any atom is -0.380 e. The number of nitrogens with zero attached hydrogens (tertiary/aromatic N) is 3. The Labute approximate surface area is 198 Å². The number of aromatic nitrogens is 2. The van der Waals surface area contributed by atoms with Crippen molar-refractivity contribution in [2.24, 2.45) is 7.05 Å². The summed E-state index contributed by atoms with van der Waals surface area (Å²) in [4.78, 5) is 3.99. The molecule has 0 radical (unpaired) electrons. The summed E-state index contributed by atoms with van der Waals surface area (Å²) < 4.78 is 97.2. The monoisotopic (exact) mass is 512 g/mol. The lowest BCUT2D eigenvalue weighted by atomic mass is 9.80. The lowest BCUT2D eigenvalue weighted by Gasteiger charge is -2.31. The van der Waals surface area contributed by atoms with Gasteiger partial charge in [-0.1, -0.05) is 12.1 Å². The number of hydrogen-bond donors (Lipinski definition) is 1. The molecule has 0 amide bonds. The van der Waals surface area contributed by atoms with E-state index in [0.717, 1.165) is 6.07 Å². The fraction of sp³-hybridized carbons (Fsp3) is 0.348. The number of alkyl halides is 3. The summed E-state index contributed by atoms with van der Waals surface area (Å²) in [5, 5.41) is 2.91. The number of imidazole rings is 1. The summed E-state index contributed by atoms with van der Waals surface area (Å²) in [5.74, 6) is -2.34. The van der Waals surface area contributed by atoms with Crippen LogP contribution in [0.15, 0.2) is 60.0 Å². The molecule has 2 saturated heterocycles. The van der Waals surface area contributed by atoms with Crippen molar-refractivity contribution in [2.75, 3.05) is 5.32 Å². The van der Waals surface area contributed by atoms with Crippen molar-refractivity contribution in [2.45, 2.75) is 48.1 Å². The van der Waals surface area contributed by atoms with Crippen LogP contribution < -0.4 is 5.32 Å². The van der Waals surface area contributed by atoms with Gasteiger partial charge < -0.3 is 9.88 Å². The highest BCUT2D eigenvalue weighted by Gasteiger charge is 2.58. The van der Waals surface area contributed by atoms with Gasteiger partial charge in [-0.25, -0.2) is 22.2 Å². The second-order valence-electron chi connectivity index (χ2n) is 8.86. The zero-order chi connectivity index (χ0) is 25.1. The van der Waals surface area contributed by atoms with Crippen molar-refractivity contribution in [3.8, 4) is 0 Å². The molecular formula is C23H21F5N4O2S. The number of sulfonamides is 1. The highest BCUT2D eigenvalue weighted by atomic mass is 32.2. The van der Waals surface area contributed by atoms with Gasteiger partial charge in [-0.05, 0) is 48.7 Å². The van der Waals surface area contributed by atoms with Crippen molar-refractivity contribution >= 4 is 15.7 Å². The molecule has 0 saturated carbocycles. The standard InChI is InChI=1S/C23H21F5N4O2S/c1-31-11-20(29-12-31)35(33,34)32-18-8-9-19(32)22(21(18)13-2-4-14(24)5-3-13)30-15-6-7-17(25)16(10-15)23(26,27)28/h2-7,10-12,18-19,21-22,30H,8-9H2,1H3. The van der Waals surface area contributed by atoms with Crippen LogP contribution in [-0.2, 0) is 23.2 Å². The summed E-state index contributed by atoms with van der Waals surface area (Å²) in [6, 6.07) is 6.47. The average molecular weight is 513 g/mol. The number of fused-ring (bicyclic) bond motifs is 2. The van der Waals surface area contributed by atoms with E-state index in [-0.39, 0.29) is 10.7 Å². The van der Waals surface area contributed by atoms with Gasteiger partial charge in [-0.2, -0.15) is 17.5 Å². The first kappa shape index (κ1) is 23.7. The van der Waals surface area contributed by atoms with Crippen LogP contribution in [0.2, 0.25) is 0 Å². The number of nitrogens with one attached hydrogen (secondary N) is 1. The van der Waals surface area contributed by atoms with Crippen LogP contribution in [0.5, 0.6) is 0 Å². The third-order valence-corrected chi connectivity index (χ3v) is 8.55. The van der Waals surface area contributed by atoms with Crippen LogP contribution in [0.25, 0.3) is 0 Å². The van der Waals surface area contributed by atoms with Crippen LogP contribution in [0.1, 0.15) is 29.9 Å². The highest BCUT2D eigenvalue weighted by Crippen LogP contribution is 2.50. The molecule has 35 heavy (non-hydrogen) atoms. The van der Waals surface area contributed by atoms with Crippen molar-refractivity contribution in [3.05, 3.63) is 77.8 Å². The number of halogens is 5. The van der Waals surface area contributed by atoms with E-state index in [9.17, 15) is 30.4 Å². The van der Waals surface area contributed by atoms with Gasteiger partial charge in [0.2, 0.25) is 0 Å². The van der Waals surface area contributed by atoms with E-state index in [4.69, 9.17) is 0 Å². The van der Waals surface area contributed by atoms with Crippen LogP contribution in [0.4, 0.5) is 27.6 Å². The number of rotatable bonds is 5. The molecule has 2 aromatic carbocycles. The molecule has 1 N–H and O–H groups in total. The normalized spacial score (nSPS) is 24.7. The molecule has 3 aromatic rings. The molecular weight excluding hydrogens is 491 g/mol. The number of aryl methyl sites for hydroxylation is 1. The first-order valence-electron chi connectivity index (χ1n) is 10.9. The fourth-order valence-electron chi connectivity index (χ4n) is 5.31. The Morgan fingerprint density at radius 3 is 2.34 bits per heavy atom. The molecule has 0 spiro atoms. The Balaban J connectivity index is 1.57. The van der Waals surface area contributed by atoms with E-state index < -0.39 is 57.4 Å². The minimum absolute atomic E-state index is 0.0126. The maximum Gasteiger partial charge on any atom is 0.419 e. The van der Waals surface area contributed by atoms with Gasteiger partial charge in [-0.15, -0.1) is 0 Å². The molecule has 4 atom stereocenters. The van der Waals surface area contributed by atoms with Gasteiger partial charge in [-0.3, -0.25) is 0 Å². The molecule has 186 valence electrons. The summed E-state index contributed by atoms with van der Waals surface area (Å²) >= 11 is 0. The van der Waals surface area contributed by atoms with Crippen molar-refractivity contribution in [1.29, 1.82) is 0 Å². The first-order chi connectivity index (χ1) is 16.5. The van der Waals surface area contributed by atoms with Gasteiger partial charge in [0.05, 0.1) is 17.9 Å². The number of anilines is 1. The topological polar surface area (TPSA) is 67.2 Å². The van der Waals surface area contributed by atoms with Crippen LogP contribution in [0.3, 0.4) is 0 Å². The maximum absolute atomic E-state index is 13.8. The van der Waals surface area contributed by atoms with Crippen molar-refractivity contribution in [3.63, 3.8) is 0 Å². The molecule has 4 unspecified atom stereocenters. The Bertz CT molecular complexity index is 1360. The van der Waals surface area contributed by atoms with Gasteiger partial charge in [0.15, 0.2) is 5.03 Å². The molecule has 3 heterocycles. The second kappa shape index (κ2) is 8.30. The van der Waals surface area contributed by atoms with Crippen LogP contribution in [-0.4, -0.2) is 40.4 Å². The Morgan fingerprint density at radius 1 is 1.03 bits per heavy atom. The lowest BCUT2D eigenvalue weighted by Crippen LogP contribution is -2.40. The van der Waals surface area contributed by atoms with E-state index in [1.165, 1.54) is 39.6 Å². The quantitative estimate of drug-likeness (QED) is 0.511. The predicted octanol–water partition coefficient (Wildman–Crippen LogP) is 4.52. The summed E-state index contributed by atoms with van der Waals surface area (Å²) in [5.41, 5.74) is -0.754. The molecule has 5 rings (SSSR count). The zero-order valence-electron chi connectivity index (χ0n) is 18.4. The van der Waals surface area contributed by atoms with E-state index in [0.29, 0.717) is 24.5 Å².